The Morgan fingerprint density at radius 1 is 1.38 bits per heavy atom. The molecule has 0 bridgehead atoms. The van der Waals surface area contributed by atoms with Gasteiger partial charge in [0.2, 0.25) is 10.0 Å². The van der Waals surface area contributed by atoms with Crippen molar-refractivity contribution < 1.29 is 18.4 Å². The van der Waals surface area contributed by atoms with Gasteiger partial charge in [0.05, 0.1) is 15.9 Å². The van der Waals surface area contributed by atoms with E-state index in [2.05, 4.69) is 23.5 Å². The normalized spacial score (nSPS) is 23.3. The second kappa shape index (κ2) is 7.56. The average molecular weight is 357 g/mol. The largest absolute Gasteiger partial charge is 0.390 e. The van der Waals surface area contributed by atoms with E-state index in [1.54, 1.807) is 0 Å². The van der Waals surface area contributed by atoms with Crippen LogP contribution < -0.4 is 4.72 Å². The number of nitro groups is 1. The highest BCUT2D eigenvalue weighted by Gasteiger charge is 2.28. The lowest BCUT2D eigenvalue weighted by Crippen LogP contribution is -2.41. The number of sulfonamides is 1. The van der Waals surface area contributed by atoms with Crippen LogP contribution in [0.1, 0.15) is 20.3 Å². The first-order chi connectivity index (χ1) is 11.2. The first-order valence-electron chi connectivity index (χ1n) is 7.85. The van der Waals surface area contributed by atoms with Crippen molar-refractivity contribution in [1.29, 1.82) is 0 Å². The summed E-state index contributed by atoms with van der Waals surface area (Å²) in [7, 11) is -3.81. The number of non-ortho nitro benzene ring substituents is 1. The molecule has 1 heterocycles. The molecule has 2 rings (SSSR count). The second-order valence-electron chi connectivity index (χ2n) is 6.40. The zero-order chi connectivity index (χ0) is 17.9. The van der Waals surface area contributed by atoms with Crippen molar-refractivity contribution in [2.45, 2.75) is 37.3 Å². The minimum atomic E-state index is -3.81. The number of hydrogen-bond donors (Lipinski definition) is 2. The Bertz CT molecular complexity index is 677. The summed E-state index contributed by atoms with van der Waals surface area (Å²) in [6.07, 6.45) is 0.256. The number of β-amino-alcohol motifs (C(OH)–C–C–N with tert-alkyl or cyclic N) is 1. The Balaban J connectivity index is 1.91. The summed E-state index contributed by atoms with van der Waals surface area (Å²) in [5, 5.41) is 20.7. The maximum atomic E-state index is 12.2. The molecule has 2 unspecified atom stereocenters. The fraction of sp³-hybridized carbons (Fsp3) is 0.600. The highest BCUT2D eigenvalue weighted by Crippen LogP contribution is 2.22. The summed E-state index contributed by atoms with van der Waals surface area (Å²) in [5.41, 5.74) is -0.175. The van der Waals surface area contributed by atoms with Crippen LogP contribution in [0.15, 0.2) is 29.2 Å². The number of rotatable bonds is 7. The van der Waals surface area contributed by atoms with Gasteiger partial charge in [-0.25, -0.2) is 13.1 Å². The molecule has 9 heteroatoms. The maximum absolute atomic E-state index is 12.2. The molecular weight excluding hydrogens is 334 g/mol. The van der Waals surface area contributed by atoms with E-state index in [4.69, 9.17) is 0 Å². The molecule has 1 aliphatic heterocycles. The van der Waals surface area contributed by atoms with Gasteiger partial charge in [-0.1, -0.05) is 6.92 Å². The van der Waals surface area contributed by atoms with Gasteiger partial charge in [-0.05, 0) is 31.4 Å². The molecule has 1 aromatic rings. The number of aliphatic hydroxyl groups is 1. The first kappa shape index (κ1) is 18.8. The molecule has 8 nitrogen and oxygen atoms in total. The predicted molar refractivity (Wildman–Crippen MR) is 89.1 cm³/mol. The Kier molecular flexibility index (Phi) is 5.92. The van der Waals surface area contributed by atoms with Gasteiger partial charge in [0.15, 0.2) is 0 Å². The highest BCUT2D eigenvalue weighted by atomic mass is 32.2. The summed E-state index contributed by atoms with van der Waals surface area (Å²) in [6.45, 7) is 5.45. The van der Waals surface area contributed by atoms with E-state index < -0.39 is 21.1 Å². The van der Waals surface area contributed by atoms with Crippen LogP contribution in [0, 0.1) is 16.0 Å². The van der Waals surface area contributed by atoms with Crippen LogP contribution in [-0.4, -0.2) is 55.1 Å². The van der Waals surface area contributed by atoms with E-state index in [9.17, 15) is 23.6 Å². The summed E-state index contributed by atoms with van der Waals surface area (Å²) in [5.74, 6) is 0.573. The molecule has 1 fully saturated rings. The van der Waals surface area contributed by atoms with Gasteiger partial charge < -0.3 is 5.11 Å². The maximum Gasteiger partial charge on any atom is 0.269 e. The van der Waals surface area contributed by atoms with Crippen molar-refractivity contribution in [1.82, 2.24) is 9.62 Å². The Labute approximate surface area is 141 Å². The molecule has 24 heavy (non-hydrogen) atoms. The molecule has 1 aromatic carbocycles. The van der Waals surface area contributed by atoms with Crippen LogP contribution >= 0.6 is 0 Å². The molecule has 1 aliphatic rings. The lowest BCUT2D eigenvalue weighted by Gasteiger charge is -2.24. The van der Waals surface area contributed by atoms with Gasteiger partial charge >= 0.3 is 0 Å². The standard InChI is InChI=1S/C15H23N3O5S/c1-11-7-12(2)17(9-11)10-14(19)8-16-24(22,23)15-5-3-13(4-6-15)18(20)21/h3-6,11-12,14,16,19H,7-10H2,1-2H3/t11?,12?,14-/m0/s1. The number of nitrogens with zero attached hydrogens (tertiary/aromatic N) is 2. The van der Waals surface area contributed by atoms with E-state index in [1.807, 2.05) is 0 Å². The zero-order valence-electron chi connectivity index (χ0n) is 13.8. The van der Waals surface area contributed by atoms with Crippen molar-refractivity contribution in [2.24, 2.45) is 5.92 Å². The van der Waals surface area contributed by atoms with Crippen LogP contribution in [0.4, 0.5) is 5.69 Å². The van der Waals surface area contributed by atoms with E-state index >= 15 is 0 Å². The van der Waals surface area contributed by atoms with Gasteiger partial charge in [-0.2, -0.15) is 0 Å². The predicted octanol–water partition coefficient (Wildman–Crippen LogP) is 0.964. The summed E-state index contributed by atoms with van der Waals surface area (Å²) < 4.78 is 26.7. The number of hydrogen-bond acceptors (Lipinski definition) is 6. The molecule has 0 amide bonds. The summed E-state index contributed by atoms with van der Waals surface area (Å²) >= 11 is 0. The quantitative estimate of drug-likeness (QED) is 0.555. The SMILES string of the molecule is CC1CC(C)N(C[C@@H](O)CNS(=O)(=O)c2ccc([N+](=O)[O-])cc2)C1. The van der Waals surface area contributed by atoms with E-state index in [0.717, 1.165) is 25.1 Å². The molecule has 134 valence electrons. The van der Waals surface area contributed by atoms with E-state index in [0.29, 0.717) is 18.5 Å². The smallest absolute Gasteiger partial charge is 0.269 e. The molecule has 0 aliphatic carbocycles. The van der Waals surface area contributed by atoms with E-state index in [1.165, 1.54) is 12.1 Å². The van der Waals surface area contributed by atoms with Crippen LogP contribution in [0.3, 0.4) is 0 Å². The van der Waals surface area contributed by atoms with Crippen LogP contribution in [0.2, 0.25) is 0 Å². The average Bonchev–Trinajstić information content (AvgIpc) is 2.83. The molecule has 2 N–H and O–H groups in total. The highest BCUT2D eigenvalue weighted by molar-refractivity contribution is 7.89. The van der Waals surface area contributed by atoms with Gasteiger partial charge in [0.25, 0.3) is 5.69 Å². The van der Waals surface area contributed by atoms with Crippen molar-refractivity contribution in [3.05, 3.63) is 34.4 Å². The van der Waals surface area contributed by atoms with Gasteiger partial charge in [0.1, 0.15) is 0 Å². The molecule has 1 saturated heterocycles. The lowest BCUT2D eigenvalue weighted by atomic mass is 10.1. The zero-order valence-corrected chi connectivity index (χ0v) is 14.6. The summed E-state index contributed by atoms with van der Waals surface area (Å²) in [6, 6.07) is 5.01. The number of benzene rings is 1. The van der Waals surface area contributed by atoms with Crippen molar-refractivity contribution in [3.63, 3.8) is 0 Å². The Morgan fingerprint density at radius 2 is 2.00 bits per heavy atom. The number of likely N-dealkylation sites (tertiary alicyclic amines) is 1. The first-order valence-corrected chi connectivity index (χ1v) is 9.33. The Hall–Kier alpha value is -1.55. The van der Waals surface area contributed by atoms with Crippen molar-refractivity contribution in [2.75, 3.05) is 19.6 Å². The number of nitro benzene ring substituents is 1. The fourth-order valence-electron chi connectivity index (χ4n) is 3.01. The van der Waals surface area contributed by atoms with Gasteiger partial charge in [-0.15, -0.1) is 0 Å². The number of aliphatic hydroxyl groups excluding tert-OH is 1. The van der Waals surface area contributed by atoms with Crippen LogP contribution in [0.5, 0.6) is 0 Å². The minimum absolute atomic E-state index is 0.0662. The Morgan fingerprint density at radius 3 is 2.50 bits per heavy atom. The molecular formula is C15H23N3O5S. The third-order valence-electron chi connectivity index (χ3n) is 4.23. The topological polar surface area (TPSA) is 113 Å². The van der Waals surface area contributed by atoms with Crippen molar-refractivity contribution in [3.8, 4) is 0 Å². The van der Waals surface area contributed by atoms with Crippen LogP contribution in [-0.2, 0) is 10.0 Å². The molecule has 0 saturated carbocycles. The minimum Gasteiger partial charge on any atom is -0.390 e. The monoisotopic (exact) mass is 357 g/mol. The molecule has 0 radical (unpaired) electrons. The third kappa shape index (κ3) is 4.73. The second-order valence-corrected chi connectivity index (χ2v) is 8.17. The van der Waals surface area contributed by atoms with Crippen molar-refractivity contribution >= 4 is 15.7 Å². The molecule has 3 atom stereocenters. The van der Waals surface area contributed by atoms with Gasteiger partial charge in [-0.3, -0.25) is 15.0 Å². The lowest BCUT2D eigenvalue weighted by molar-refractivity contribution is -0.384. The van der Waals surface area contributed by atoms with Gasteiger partial charge in [0, 0.05) is 37.8 Å². The fourth-order valence-corrected chi connectivity index (χ4v) is 4.09. The third-order valence-corrected chi connectivity index (χ3v) is 5.66. The molecule has 0 spiro atoms. The molecule has 0 aromatic heterocycles. The van der Waals surface area contributed by atoms with Crippen LogP contribution in [0.25, 0.3) is 0 Å². The van der Waals surface area contributed by atoms with E-state index in [-0.39, 0.29) is 17.1 Å². The summed E-state index contributed by atoms with van der Waals surface area (Å²) in [4.78, 5) is 12.1. The number of nitrogens with one attached hydrogen (secondary N) is 1.